The molecule has 18 heavy (non-hydrogen) atoms. The molecule has 2 aromatic rings. The largest absolute Gasteiger partial charge is 0.497 e. The first-order chi connectivity index (χ1) is 8.69. The topological polar surface area (TPSA) is 26.3 Å². The summed E-state index contributed by atoms with van der Waals surface area (Å²) in [6, 6.07) is 15.3. The summed E-state index contributed by atoms with van der Waals surface area (Å²) in [5, 5.41) is 0. The number of ether oxygens (including phenoxy) is 1. The Hall–Kier alpha value is -2.09. The van der Waals surface area contributed by atoms with Crippen molar-refractivity contribution in [3.05, 3.63) is 65.2 Å². The number of hydrogen-bond donors (Lipinski definition) is 0. The van der Waals surface area contributed by atoms with Crippen molar-refractivity contribution in [3.8, 4) is 5.75 Å². The second-order valence-corrected chi connectivity index (χ2v) is 4.32. The molecule has 0 atom stereocenters. The zero-order valence-corrected chi connectivity index (χ0v) is 10.6. The first kappa shape index (κ1) is 12.4. The van der Waals surface area contributed by atoms with E-state index in [2.05, 4.69) is 0 Å². The van der Waals surface area contributed by atoms with Crippen molar-refractivity contribution in [2.75, 3.05) is 7.11 Å². The Morgan fingerprint density at radius 3 is 2.61 bits per heavy atom. The molecule has 0 heterocycles. The Bertz CT molecular complexity index is 559. The Labute approximate surface area is 107 Å². The van der Waals surface area contributed by atoms with Gasteiger partial charge in [0.05, 0.1) is 7.11 Å². The predicted octanol–water partition coefficient (Wildman–Crippen LogP) is 3.43. The van der Waals surface area contributed by atoms with Gasteiger partial charge >= 0.3 is 0 Å². The fourth-order valence-corrected chi connectivity index (χ4v) is 1.91. The standard InChI is InChI=1S/C16H16O2/c1-12-5-3-6-13(9-12)10-16(17)14-7-4-8-15(11-14)18-2/h3-9,11H,10H2,1-2H3. The maximum atomic E-state index is 12.1. The quantitative estimate of drug-likeness (QED) is 0.765. The molecule has 2 nitrogen and oxygen atoms in total. The average molecular weight is 240 g/mol. The normalized spacial score (nSPS) is 10.1. The molecule has 0 amide bonds. The predicted molar refractivity (Wildman–Crippen MR) is 72.2 cm³/mol. The second-order valence-electron chi connectivity index (χ2n) is 4.32. The number of rotatable bonds is 4. The molecule has 92 valence electrons. The van der Waals surface area contributed by atoms with Gasteiger partial charge in [-0.15, -0.1) is 0 Å². The van der Waals surface area contributed by atoms with Crippen molar-refractivity contribution in [2.45, 2.75) is 13.3 Å². The molecule has 0 unspecified atom stereocenters. The fraction of sp³-hybridized carbons (Fsp3) is 0.188. The highest BCUT2D eigenvalue weighted by atomic mass is 16.5. The number of methoxy groups -OCH3 is 1. The van der Waals surface area contributed by atoms with Gasteiger partial charge in [0.1, 0.15) is 5.75 Å². The second kappa shape index (κ2) is 5.50. The smallest absolute Gasteiger partial charge is 0.167 e. The molecular formula is C16H16O2. The molecule has 0 aromatic heterocycles. The van der Waals surface area contributed by atoms with Gasteiger partial charge in [-0.3, -0.25) is 4.79 Å². The number of carbonyl (C=O) groups excluding carboxylic acids is 1. The van der Waals surface area contributed by atoms with Crippen LogP contribution in [-0.4, -0.2) is 12.9 Å². The van der Waals surface area contributed by atoms with Gasteiger partial charge < -0.3 is 4.74 Å². The highest BCUT2D eigenvalue weighted by Crippen LogP contribution is 2.15. The molecule has 0 bridgehead atoms. The molecule has 0 spiro atoms. The molecule has 0 N–H and O–H groups in total. The minimum absolute atomic E-state index is 0.111. The number of ketones is 1. The minimum Gasteiger partial charge on any atom is -0.497 e. The Kier molecular flexibility index (Phi) is 3.78. The van der Waals surface area contributed by atoms with Gasteiger partial charge in [0, 0.05) is 12.0 Å². The first-order valence-electron chi connectivity index (χ1n) is 5.92. The molecule has 2 heteroatoms. The molecule has 0 fully saturated rings. The lowest BCUT2D eigenvalue weighted by Gasteiger charge is -2.05. The van der Waals surface area contributed by atoms with Gasteiger partial charge in [-0.2, -0.15) is 0 Å². The van der Waals surface area contributed by atoms with Crippen molar-refractivity contribution in [1.82, 2.24) is 0 Å². The fourth-order valence-electron chi connectivity index (χ4n) is 1.91. The Balaban J connectivity index is 2.16. The Morgan fingerprint density at radius 1 is 1.11 bits per heavy atom. The van der Waals surface area contributed by atoms with Gasteiger partial charge in [0.2, 0.25) is 0 Å². The molecule has 2 rings (SSSR count). The van der Waals surface area contributed by atoms with E-state index >= 15 is 0 Å². The van der Waals surface area contributed by atoms with E-state index in [1.54, 1.807) is 13.2 Å². The van der Waals surface area contributed by atoms with Gasteiger partial charge in [-0.1, -0.05) is 42.0 Å². The lowest BCUT2D eigenvalue weighted by atomic mass is 10.0. The van der Waals surface area contributed by atoms with Crippen LogP contribution in [0.15, 0.2) is 48.5 Å². The van der Waals surface area contributed by atoms with E-state index in [0.29, 0.717) is 17.7 Å². The summed E-state index contributed by atoms with van der Waals surface area (Å²) in [5.74, 6) is 0.824. The summed E-state index contributed by atoms with van der Waals surface area (Å²) in [5.41, 5.74) is 2.91. The van der Waals surface area contributed by atoms with E-state index in [0.717, 1.165) is 5.56 Å². The van der Waals surface area contributed by atoms with Crippen molar-refractivity contribution in [1.29, 1.82) is 0 Å². The summed E-state index contributed by atoms with van der Waals surface area (Å²) in [6.07, 6.45) is 0.425. The molecular weight excluding hydrogens is 224 g/mol. The monoisotopic (exact) mass is 240 g/mol. The van der Waals surface area contributed by atoms with Crippen molar-refractivity contribution < 1.29 is 9.53 Å². The van der Waals surface area contributed by atoms with Gasteiger partial charge in [-0.05, 0) is 24.6 Å². The lowest BCUT2D eigenvalue weighted by molar-refractivity contribution is 0.0992. The van der Waals surface area contributed by atoms with Gasteiger partial charge in [-0.25, -0.2) is 0 Å². The Morgan fingerprint density at radius 2 is 1.89 bits per heavy atom. The first-order valence-corrected chi connectivity index (χ1v) is 5.92. The van der Waals surface area contributed by atoms with E-state index in [-0.39, 0.29) is 5.78 Å². The van der Waals surface area contributed by atoms with Crippen molar-refractivity contribution in [3.63, 3.8) is 0 Å². The molecule has 0 aliphatic rings. The van der Waals surface area contributed by atoms with Crippen LogP contribution in [0.5, 0.6) is 5.75 Å². The summed E-state index contributed by atoms with van der Waals surface area (Å²) < 4.78 is 5.12. The molecule has 0 aliphatic heterocycles. The number of hydrogen-bond acceptors (Lipinski definition) is 2. The van der Waals surface area contributed by atoms with E-state index in [1.165, 1.54) is 5.56 Å². The van der Waals surface area contributed by atoms with E-state index in [1.807, 2.05) is 49.4 Å². The minimum atomic E-state index is 0.111. The van der Waals surface area contributed by atoms with Crippen molar-refractivity contribution >= 4 is 5.78 Å². The van der Waals surface area contributed by atoms with Crippen LogP contribution in [0.4, 0.5) is 0 Å². The van der Waals surface area contributed by atoms with Gasteiger partial charge in [0.25, 0.3) is 0 Å². The van der Waals surface area contributed by atoms with Crippen molar-refractivity contribution in [2.24, 2.45) is 0 Å². The van der Waals surface area contributed by atoms with Crippen LogP contribution >= 0.6 is 0 Å². The summed E-state index contributed by atoms with van der Waals surface area (Å²) >= 11 is 0. The van der Waals surface area contributed by atoms with Crippen LogP contribution in [0.25, 0.3) is 0 Å². The zero-order valence-electron chi connectivity index (χ0n) is 10.6. The summed E-state index contributed by atoms with van der Waals surface area (Å²) in [6.45, 7) is 2.03. The highest BCUT2D eigenvalue weighted by Gasteiger charge is 2.08. The maximum absolute atomic E-state index is 12.1. The summed E-state index contributed by atoms with van der Waals surface area (Å²) in [7, 11) is 1.60. The molecule has 2 aromatic carbocycles. The molecule has 0 saturated carbocycles. The lowest BCUT2D eigenvalue weighted by Crippen LogP contribution is -2.03. The molecule has 0 saturated heterocycles. The van der Waals surface area contributed by atoms with Crippen LogP contribution in [0.3, 0.4) is 0 Å². The third-order valence-corrected chi connectivity index (χ3v) is 2.84. The van der Waals surface area contributed by atoms with Crippen LogP contribution in [0.1, 0.15) is 21.5 Å². The number of aryl methyl sites for hydroxylation is 1. The van der Waals surface area contributed by atoms with E-state index in [4.69, 9.17) is 4.74 Å². The third-order valence-electron chi connectivity index (χ3n) is 2.84. The van der Waals surface area contributed by atoms with E-state index in [9.17, 15) is 4.79 Å². The van der Waals surface area contributed by atoms with Crippen LogP contribution in [-0.2, 0) is 6.42 Å². The average Bonchev–Trinajstić information content (AvgIpc) is 2.39. The molecule has 0 aliphatic carbocycles. The van der Waals surface area contributed by atoms with Crippen LogP contribution in [0.2, 0.25) is 0 Å². The molecule has 0 radical (unpaired) electrons. The number of Topliss-reactive ketones (excluding diaryl/α,β-unsaturated/α-hetero) is 1. The third kappa shape index (κ3) is 2.98. The van der Waals surface area contributed by atoms with Crippen LogP contribution < -0.4 is 4.74 Å². The number of benzene rings is 2. The van der Waals surface area contributed by atoms with E-state index < -0.39 is 0 Å². The van der Waals surface area contributed by atoms with Crippen LogP contribution in [0, 0.1) is 6.92 Å². The zero-order chi connectivity index (χ0) is 13.0. The van der Waals surface area contributed by atoms with Gasteiger partial charge in [0.15, 0.2) is 5.78 Å². The number of carbonyl (C=O) groups is 1. The SMILES string of the molecule is COc1cccc(C(=O)Cc2cccc(C)c2)c1. The highest BCUT2D eigenvalue weighted by molar-refractivity contribution is 5.97. The maximum Gasteiger partial charge on any atom is 0.167 e. The summed E-state index contributed by atoms with van der Waals surface area (Å²) in [4.78, 5) is 12.1.